The maximum atomic E-state index is 12.3. The average Bonchev–Trinajstić information content (AvgIpc) is 3.14. The highest BCUT2D eigenvalue weighted by Gasteiger charge is 2.28. The van der Waals surface area contributed by atoms with Crippen LogP contribution in [0.4, 0.5) is 0 Å². The summed E-state index contributed by atoms with van der Waals surface area (Å²) in [6, 6.07) is 3.63. The van der Waals surface area contributed by atoms with Gasteiger partial charge in [0.25, 0.3) is 0 Å². The second-order valence-electron chi connectivity index (χ2n) is 6.22. The van der Waals surface area contributed by atoms with Crippen LogP contribution in [0.2, 0.25) is 0 Å². The number of hydrogen-bond acceptors (Lipinski definition) is 4. The van der Waals surface area contributed by atoms with Gasteiger partial charge in [-0.25, -0.2) is 0 Å². The molecule has 0 bridgehead atoms. The molecule has 2 amide bonds. The summed E-state index contributed by atoms with van der Waals surface area (Å²) in [6.07, 6.45) is 4.16. The predicted molar refractivity (Wildman–Crippen MR) is 95.1 cm³/mol. The Bertz CT molecular complexity index is 557. The van der Waals surface area contributed by atoms with E-state index in [0.717, 1.165) is 25.7 Å². The molecule has 1 N–H and O–H groups in total. The van der Waals surface area contributed by atoms with Gasteiger partial charge in [0, 0.05) is 32.5 Å². The zero-order valence-electron chi connectivity index (χ0n) is 14.3. The van der Waals surface area contributed by atoms with Gasteiger partial charge in [0.05, 0.1) is 10.8 Å². The Balaban J connectivity index is 1.77. The van der Waals surface area contributed by atoms with Crippen LogP contribution in [-0.4, -0.2) is 42.1 Å². The van der Waals surface area contributed by atoms with E-state index in [1.54, 1.807) is 11.0 Å². The number of carbonyl (C=O) groups is 3. The fourth-order valence-electron chi connectivity index (χ4n) is 2.89. The maximum absolute atomic E-state index is 12.3. The Morgan fingerprint density at radius 1 is 1.33 bits per heavy atom. The lowest BCUT2D eigenvalue weighted by Gasteiger charge is -2.32. The summed E-state index contributed by atoms with van der Waals surface area (Å²) in [5, 5.41) is 4.81. The second-order valence-corrected chi connectivity index (χ2v) is 7.17. The molecule has 1 aliphatic heterocycles. The number of Topliss-reactive ketones (excluding diaryl/α,β-unsaturated/α-hetero) is 1. The van der Waals surface area contributed by atoms with E-state index in [2.05, 4.69) is 12.2 Å². The van der Waals surface area contributed by atoms with Crippen molar-refractivity contribution in [2.45, 2.75) is 45.4 Å². The molecule has 0 radical (unpaired) electrons. The Morgan fingerprint density at radius 3 is 2.88 bits per heavy atom. The van der Waals surface area contributed by atoms with Crippen molar-refractivity contribution in [3.8, 4) is 0 Å². The van der Waals surface area contributed by atoms with E-state index in [0.29, 0.717) is 24.5 Å². The molecule has 1 atom stereocenters. The van der Waals surface area contributed by atoms with Crippen LogP contribution in [0.3, 0.4) is 0 Å². The van der Waals surface area contributed by atoms with Crippen molar-refractivity contribution >= 4 is 28.9 Å². The topological polar surface area (TPSA) is 66.5 Å². The first-order chi connectivity index (χ1) is 11.6. The van der Waals surface area contributed by atoms with E-state index in [1.165, 1.54) is 11.3 Å². The molecule has 6 heteroatoms. The van der Waals surface area contributed by atoms with Crippen LogP contribution < -0.4 is 5.32 Å². The zero-order valence-corrected chi connectivity index (χ0v) is 15.1. The molecule has 0 aliphatic carbocycles. The molecule has 0 saturated carbocycles. The minimum Gasteiger partial charge on any atom is -0.356 e. The molecule has 2 heterocycles. The third kappa shape index (κ3) is 5.44. The minimum absolute atomic E-state index is 0.0178. The second kappa shape index (κ2) is 9.57. The SMILES string of the molecule is CCCCNC(=O)C1CCCN(C(=O)CCC(=O)c2cccs2)C1. The number of nitrogens with zero attached hydrogens (tertiary/aromatic N) is 1. The summed E-state index contributed by atoms with van der Waals surface area (Å²) in [6.45, 7) is 3.95. The number of carbonyl (C=O) groups excluding carboxylic acids is 3. The third-order valence-corrected chi connectivity index (χ3v) is 5.25. The van der Waals surface area contributed by atoms with Gasteiger partial charge in [-0.05, 0) is 30.7 Å². The van der Waals surface area contributed by atoms with E-state index in [-0.39, 0.29) is 36.4 Å². The Kier molecular flexibility index (Phi) is 7.43. The Morgan fingerprint density at radius 2 is 2.17 bits per heavy atom. The first-order valence-electron chi connectivity index (χ1n) is 8.74. The van der Waals surface area contributed by atoms with E-state index >= 15 is 0 Å². The van der Waals surface area contributed by atoms with Gasteiger partial charge >= 0.3 is 0 Å². The van der Waals surface area contributed by atoms with Gasteiger partial charge in [0.1, 0.15) is 0 Å². The van der Waals surface area contributed by atoms with E-state index in [4.69, 9.17) is 0 Å². The molecule has 1 aliphatic rings. The number of amides is 2. The summed E-state index contributed by atoms with van der Waals surface area (Å²) in [7, 11) is 0. The highest BCUT2D eigenvalue weighted by molar-refractivity contribution is 7.12. The molecule has 1 unspecified atom stereocenters. The number of rotatable bonds is 8. The van der Waals surface area contributed by atoms with Crippen molar-refractivity contribution in [2.75, 3.05) is 19.6 Å². The summed E-state index contributed by atoms with van der Waals surface area (Å²) in [5.41, 5.74) is 0. The van der Waals surface area contributed by atoms with Crippen LogP contribution in [-0.2, 0) is 9.59 Å². The lowest BCUT2D eigenvalue weighted by Crippen LogP contribution is -2.45. The fraction of sp³-hybridized carbons (Fsp3) is 0.611. The van der Waals surface area contributed by atoms with Gasteiger partial charge in [-0.15, -0.1) is 11.3 Å². The van der Waals surface area contributed by atoms with Crippen molar-refractivity contribution in [2.24, 2.45) is 5.92 Å². The van der Waals surface area contributed by atoms with E-state index < -0.39 is 0 Å². The standard InChI is InChI=1S/C18H26N2O3S/c1-2-3-10-19-18(23)14-6-4-11-20(13-14)17(22)9-8-15(21)16-7-5-12-24-16/h5,7,12,14H,2-4,6,8-11,13H2,1H3,(H,19,23). The van der Waals surface area contributed by atoms with Crippen LogP contribution >= 0.6 is 11.3 Å². The minimum atomic E-state index is -0.118. The van der Waals surface area contributed by atoms with Crippen LogP contribution in [0.15, 0.2) is 17.5 Å². The lowest BCUT2D eigenvalue weighted by molar-refractivity contribution is -0.135. The molecule has 24 heavy (non-hydrogen) atoms. The van der Waals surface area contributed by atoms with Crippen LogP contribution in [0.1, 0.15) is 55.1 Å². The highest BCUT2D eigenvalue weighted by atomic mass is 32.1. The maximum Gasteiger partial charge on any atom is 0.224 e. The highest BCUT2D eigenvalue weighted by Crippen LogP contribution is 2.19. The molecular weight excluding hydrogens is 324 g/mol. The smallest absolute Gasteiger partial charge is 0.224 e. The molecule has 1 aromatic heterocycles. The van der Waals surface area contributed by atoms with Crippen molar-refractivity contribution in [3.63, 3.8) is 0 Å². The van der Waals surface area contributed by atoms with Crippen molar-refractivity contribution < 1.29 is 14.4 Å². The monoisotopic (exact) mass is 350 g/mol. The third-order valence-electron chi connectivity index (χ3n) is 4.34. The quantitative estimate of drug-likeness (QED) is 0.579. The van der Waals surface area contributed by atoms with Gasteiger partial charge in [0.2, 0.25) is 11.8 Å². The molecule has 1 fully saturated rings. The van der Waals surface area contributed by atoms with Crippen molar-refractivity contribution in [1.82, 2.24) is 10.2 Å². The lowest BCUT2D eigenvalue weighted by atomic mass is 9.96. The van der Waals surface area contributed by atoms with Crippen LogP contribution in [0.5, 0.6) is 0 Å². The van der Waals surface area contributed by atoms with Gasteiger partial charge in [-0.2, -0.15) is 0 Å². The zero-order chi connectivity index (χ0) is 17.4. The summed E-state index contributed by atoms with van der Waals surface area (Å²) < 4.78 is 0. The predicted octanol–water partition coefficient (Wildman–Crippen LogP) is 2.87. The molecule has 5 nitrogen and oxygen atoms in total. The number of ketones is 1. The molecule has 2 rings (SSSR count). The normalized spacial score (nSPS) is 17.5. The first-order valence-corrected chi connectivity index (χ1v) is 9.62. The summed E-state index contributed by atoms with van der Waals surface area (Å²) in [4.78, 5) is 38.9. The molecule has 0 aromatic carbocycles. The van der Waals surface area contributed by atoms with Crippen molar-refractivity contribution in [1.29, 1.82) is 0 Å². The molecular formula is C18H26N2O3S. The number of unbranched alkanes of at least 4 members (excludes halogenated alkanes) is 1. The van der Waals surface area contributed by atoms with Gasteiger partial charge < -0.3 is 10.2 Å². The van der Waals surface area contributed by atoms with Crippen molar-refractivity contribution in [3.05, 3.63) is 22.4 Å². The number of nitrogens with one attached hydrogen (secondary N) is 1. The van der Waals surface area contributed by atoms with Gasteiger partial charge in [-0.1, -0.05) is 19.4 Å². The molecule has 0 spiro atoms. The number of thiophene rings is 1. The largest absolute Gasteiger partial charge is 0.356 e. The number of likely N-dealkylation sites (tertiary alicyclic amines) is 1. The van der Waals surface area contributed by atoms with Gasteiger partial charge in [-0.3, -0.25) is 14.4 Å². The van der Waals surface area contributed by atoms with Crippen LogP contribution in [0, 0.1) is 5.92 Å². The molecule has 1 aromatic rings. The summed E-state index contributed by atoms with van der Waals surface area (Å²) >= 11 is 1.40. The number of hydrogen-bond donors (Lipinski definition) is 1. The Hall–Kier alpha value is -1.69. The molecule has 132 valence electrons. The summed E-state index contributed by atoms with van der Waals surface area (Å²) in [5.74, 6) is -0.0710. The van der Waals surface area contributed by atoms with Gasteiger partial charge in [0.15, 0.2) is 5.78 Å². The molecule has 1 saturated heterocycles. The van der Waals surface area contributed by atoms with E-state index in [1.807, 2.05) is 11.4 Å². The fourth-order valence-corrected chi connectivity index (χ4v) is 3.58. The number of piperidine rings is 1. The average molecular weight is 350 g/mol. The first kappa shape index (κ1) is 18.6. The van der Waals surface area contributed by atoms with Crippen LogP contribution in [0.25, 0.3) is 0 Å². The van der Waals surface area contributed by atoms with E-state index in [9.17, 15) is 14.4 Å². The Labute approximate surface area is 147 Å².